The first kappa shape index (κ1) is 24.9. The zero-order valence-electron chi connectivity index (χ0n) is 14.7. The molecule has 0 saturated carbocycles. The van der Waals surface area contributed by atoms with Crippen LogP contribution in [-0.2, 0) is 19.1 Å². The van der Waals surface area contributed by atoms with Crippen molar-refractivity contribution in [3.63, 3.8) is 0 Å². The molecule has 0 bridgehead atoms. The van der Waals surface area contributed by atoms with Crippen LogP contribution in [-0.4, -0.2) is 74.2 Å². The third-order valence-electron chi connectivity index (χ3n) is 2.46. The van der Waals surface area contributed by atoms with Crippen LogP contribution in [0.5, 0.6) is 0 Å². The Morgan fingerprint density at radius 2 is 1.70 bits per heavy atom. The van der Waals surface area contributed by atoms with E-state index in [1.165, 1.54) is 0 Å². The molecule has 1 heterocycles. The predicted molar refractivity (Wildman–Crippen MR) is 83.8 cm³/mol. The molecule has 158 valence electrons. The summed E-state index contributed by atoms with van der Waals surface area (Å²) in [5.74, 6) is -0.796. The third-order valence-corrected chi connectivity index (χ3v) is 2.46. The number of oxime groups is 1. The number of esters is 1. The Labute approximate surface area is 150 Å². The average Bonchev–Trinajstić information content (AvgIpc) is 2.49. The van der Waals surface area contributed by atoms with E-state index in [0.29, 0.717) is 32.3 Å². The summed E-state index contributed by atoms with van der Waals surface area (Å²) in [5, 5.41) is 12.4. The van der Waals surface area contributed by atoms with Crippen molar-refractivity contribution in [1.82, 2.24) is 4.90 Å². The molecule has 0 amide bonds. The first-order valence-electron chi connectivity index (χ1n) is 7.30. The van der Waals surface area contributed by atoms with E-state index < -0.39 is 19.5 Å². The Hall–Kier alpha value is -2.13. The maximum atomic E-state index is 11.4. The number of rotatable bonds is 3. The van der Waals surface area contributed by atoms with E-state index in [2.05, 4.69) is 5.16 Å². The SMILES string of the molecule is CCOC(=O)/C(C#N)=N\OC(N1CCOCC1)=[N+](C)C.F[P-](F)(F)(F)(F)F. The Bertz CT molecular complexity index is 623. The van der Waals surface area contributed by atoms with Crippen LogP contribution >= 0.6 is 7.81 Å². The van der Waals surface area contributed by atoms with Crippen LogP contribution in [0, 0.1) is 11.3 Å². The molecule has 1 aliphatic rings. The molecule has 0 atom stereocenters. The molecule has 1 rings (SSSR count). The van der Waals surface area contributed by atoms with E-state index in [0.717, 1.165) is 0 Å². The number of morpholine rings is 1. The van der Waals surface area contributed by atoms with Crippen LogP contribution in [0.1, 0.15) is 6.92 Å². The standard InChI is InChI=1S/C12H19N4O4.F6P/c1-4-19-11(17)10(9-13)14-20-12(15(2)3)16-5-7-18-8-6-16;1-7(2,3,4,5)6/h4-8H2,1-3H3;/q+1;-1/b14-10-;. The second kappa shape index (κ2) is 8.71. The van der Waals surface area contributed by atoms with Gasteiger partial charge in [-0.25, -0.2) is 14.3 Å². The molecule has 0 spiro atoms. The second-order valence-corrected chi connectivity index (χ2v) is 7.01. The van der Waals surface area contributed by atoms with Gasteiger partial charge >= 0.3 is 45.0 Å². The number of carbonyl (C=O) groups excluding carboxylic acids is 1. The van der Waals surface area contributed by atoms with Crippen LogP contribution in [0.25, 0.3) is 0 Å². The molecular formula is C12H19F6N4O4P. The van der Waals surface area contributed by atoms with Crippen molar-refractivity contribution in [2.75, 3.05) is 47.0 Å². The van der Waals surface area contributed by atoms with E-state index in [-0.39, 0.29) is 6.61 Å². The molecule has 0 unspecified atom stereocenters. The molecule has 0 radical (unpaired) electrons. The van der Waals surface area contributed by atoms with E-state index in [9.17, 15) is 30.0 Å². The topological polar surface area (TPSA) is 87.2 Å². The van der Waals surface area contributed by atoms with Crippen LogP contribution < -0.4 is 0 Å². The Balaban J connectivity index is 0.000000821. The predicted octanol–water partition coefficient (Wildman–Crippen LogP) is 2.79. The van der Waals surface area contributed by atoms with Gasteiger partial charge in [-0.05, 0) is 6.92 Å². The number of hydrogen-bond donors (Lipinski definition) is 0. The van der Waals surface area contributed by atoms with Crippen molar-refractivity contribution >= 4 is 25.5 Å². The number of hydrogen-bond acceptors (Lipinski definition) is 6. The van der Waals surface area contributed by atoms with Gasteiger partial charge in [-0.2, -0.15) is 5.26 Å². The number of nitriles is 1. The summed E-state index contributed by atoms with van der Waals surface area (Å²) in [7, 11) is -7.08. The number of ether oxygens (including phenoxy) is 2. The Morgan fingerprint density at radius 1 is 1.22 bits per heavy atom. The van der Waals surface area contributed by atoms with E-state index in [1.807, 2.05) is 4.90 Å². The van der Waals surface area contributed by atoms with Gasteiger partial charge in [0.25, 0.3) is 5.71 Å². The Morgan fingerprint density at radius 3 is 2.07 bits per heavy atom. The van der Waals surface area contributed by atoms with Gasteiger partial charge in [0, 0.05) is 0 Å². The summed E-state index contributed by atoms with van der Waals surface area (Å²) in [4.78, 5) is 18.6. The fourth-order valence-corrected chi connectivity index (χ4v) is 1.57. The van der Waals surface area contributed by atoms with Gasteiger partial charge in [0.15, 0.2) is 0 Å². The van der Waals surface area contributed by atoms with Crippen LogP contribution in [0.15, 0.2) is 5.16 Å². The molecule has 8 nitrogen and oxygen atoms in total. The normalized spacial score (nSPS) is 17.3. The van der Waals surface area contributed by atoms with Crippen molar-refractivity contribution < 1.29 is 48.9 Å². The van der Waals surface area contributed by atoms with Crippen molar-refractivity contribution in [3.8, 4) is 6.07 Å². The number of halogens is 6. The monoisotopic (exact) mass is 428 g/mol. The van der Waals surface area contributed by atoms with Gasteiger partial charge < -0.3 is 9.47 Å². The van der Waals surface area contributed by atoms with Crippen molar-refractivity contribution in [2.24, 2.45) is 5.16 Å². The van der Waals surface area contributed by atoms with E-state index >= 15 is 0 Å². The maximum absolute atomic E-state index is 11.4. The first-order valence-corrected chi connectivity index (χ1v) is 9.33. The fraction of sp³-hybridized carbons (Fsp3) is 0.667. The average molecular weight is 428 g/mol. The molecule has 1 fully saturated rings. The molecule has 1 aliphatic heterocycles. The number of carbonyl (C=O) groups is 1. The van der Waals surface area contributed by atoms with E-state index in [4.69, 9.17) is 19.6 Å². The van der Waals surface area contributed by atoms with Gasteiger partial charge in [0.2, 0.25) is 0 Å². The zero-order chi connectivity index (χ0) is 21.4. The van der Waals surface area contributed by atoms with Crippen molar-refractivity contribution in [1.29, 1.82) is 5.26 Å². The first-order chi connectivity index (χ1) is 12.0. The molecule has 0 aromatic rings. The third kappa shape index (κ3) is 14.7. The molecule has 0 aliphatic carbocycles. The molecule has 1 saturated heterocycles. The molecule has 0 aromatic carbocycles. The summed E-state index contributed by atoms with van der Waals surface area (Å²) < 4.78 is 70.9. The molecule has 27 heavy (non-hydrogen) atoms. The molecular weight excluding hydrogens is 409 g/mol. The van der Waals surface area contributed by atoms with Crippen molar-refractivity contribution in [3.05, 3.63) is 0 Å². The summed E-state index contributed by atoms with van der Waals surface area (Å²) in [6.45, 7) is 4.32. The number of nitrogens with zero attached hydrogens (tertiary/aromatic N) is 4. The summed E-state index contributed by atoms with van der Waals surface area (Å²) in [5.41, 5.74) is -0.417. The van der Waals surface area contributed by atoms with Crippen molar-refractivity contribution in [2.45, 2.75) is 6.92 Å². The fourth-order valence-electron chi connectivity index (χ4n) is 1.57. The summed E-state index contributed by atoms with van der Waals surface area (Å²) >= 11 is 0. The van der Waals surface area contributed by atoms with Gasteiger partial charge in [-0.3, -0.25) is 4.84 Å². The minimum atomic E-state index is -10.7. The summed E-state index contributed by atoms with van der Waals surface area (Å²) in [6, 6.07) is 2.11. The van der Waals surface area contributed by atoms with Crippen LogP contribution in [0.2, 0.25) is 0 Å². The number of amidine groups is 1. The molecule has 0 aromatic heterocycles. The second-order valence-electron chi connectivity index (χ2n) is 5.10. The van der Waals surface area contributed by atoms with Gasteiger partial charge in [0.05, 0.1) is 33.9 Å². The van der Waals surface area contributed by atoms with E-state index in [1.54, 1.807) is 31.7 Å². The van der Waals surface area contributed by atoms with Gasteiger partial charge in [-0.1, -0.05) is 5.16 Å². The van der Waals surface area contributed by atoms with Crippen LogP contribution in [0.3, 0.4) is 0 Å². The molecule has 15 heteroatoms. The summed E-state index contributed by atoms with van der Waals surface area (Å²) in [6.07, 6.45) is 0. The zero-order valence-corrected chi connectivity index (χ0v) is 15.6. The molecule has 0 N–H and O–H groups in total. The van der Waals surface area contributed by atoms with Gasteiger partial charge in [0.1, 0.15) is 19.2 Å². The minimum absolute atomic E-state index is 0.174. The quantitative estimate of drug-likeness (QED) is 0.131. The van der Waals surface area contributed by atoms with Crippen LogP contribution in [0.4, 0.5) is 25.2 Å². The Kier molecular flexibility index (Phi) is 8.02. The van der Waals surface area contributed by atoms with Gasteiger partial charge in [-0.15, -0.1) is 0 Å².